The van der Waals surface area contributed by atoms with E-state index in [0.717, 1.165) is 23.8 Å². The fourth-order valence-corrected chi connectivity index (χ4v) is 3.09. The Morgan fingerprint density at radius 3 is 2.61 bits per heavy atom. The number of amides is 1. The number of nitrogens with two attached hydrogens (primary N) is 1. The first kappa shape index (κ1) is 21.9. The Morgan fingerprint density at radius 2 is 2.00 bits per heavy atom. The van der Waals surface area contributed by atoms with Crippen molar-refractivity contribution in [1.29, 1.82) is 0 Å². The number of benzene rings is 2. The zero-order valence-electron chi connectivity index (χ0n) is 15.8. The molecule has 0 aliphatic carbocycles. The summed E-state index contributed by atoms with van der Waals surface area (Å²) in [5.74, 6) is -1.35. The van der Waals surface area contributed by atoms with Gasteiger partial charge in [-0.15, -0.1) is 0 Å². The Labute approximate surface area is 168 Å². The molecule has 1 aliphatic rings. The first-order valence-electron chi connectivity index (χ1n) is 8.82. The number of nitrogens with zero attached hydrogens (tertiary/aromatic N) is 1. The number of nitrogen functional groups attached to an aromatic ring is 1. The molecule has 1 amide bonds. The highest BCUT2D eigenvalue weighted by molar-refractivity contribution is 6.30. The van der Waals surface area contributed by atoms with Gasteiger partial charge in [-0.05, 0) is 43.2 Å². The summed E-state index contributed by atoms with van der Waals surface area (Å²) in [5, 5.41) is 0.544. The van der Waals surface area contributed by atoms with Crippen LogP contribution in [0, 0.1) is 11.6 Å². The number of carbonyl (C=O) groups is 1. The molecule has 1 aliphatic heterocycles. The highest BCUT2D eigenvalue weighted by atomic mass is 35.5. The van der Waals surface area contributed by atoms with Crippen molar-refractivity contribution in [2.45, 2.75) is 19.4 Å². The summed E-state index contributed by atoms with van der Waals surface area (Å²) >= 11 is 6.04. The van der Waals surface area contributed by atoms with E-state index < -0.39 is 17.7 Å². The van der Waals surface area contributed by atoms with Crippen molar-refractivity contribution in [3.63, 3.8) is 0 Å². The fourth-order valence-electron chi connectivity index (χ4n) is 2.92. The van der Waals surface area contributed by atoms with Crippen molar-refractivity contribution < 1.29 is 18.3 Å². The molecule has 150 valence electrons. The number of carbonyl (C=O) groups excluding carboxylic acids is 1. The molecule has 0 bridgehead atoms. The monoisotopic (exact) mass is 408 g/mol. The van der Waals surface area contributed by atoms with Crippen molar-refractivity contribution in [2.75, 3.05) is 26.0 Å². The van der Waals surface area contributed by atoms with Gasteiger partial charge in [0.25, 0.3) is 0 Å². The van der Waals surface area contributed by atoms with Crippen LogP contribution in [-0.2, 0) is 9.53 Å². The summed E-state index contributed by atoms with van der Waals surface area (Å²) in [6.07, 6.45) is 3.01. The summed E-state index contributed by atoms with van der Waals surface area (Å²) in [6, 6.07) is 7.87. The number of rotatable bonds is 4. The predicted molar refractivity (Wildman–Crippen MR) is 108 cm³/mol. The molecule has 0 radical (unpaired) electrons. The van der Waals surface area contributed by atoms with Crippen molar-refractivity contribution in [3.05, 3.63) is 70.3 Å². The first-order valence-corrected chi connectivity index (χ1v) is 9.20. The van der Waals surface area contributed by atoms with Crippen molar-refractivity contribution >= 4 is 29.3 Å². The molecule has 3 rings (SSSR count). The van der Waals surface area contributed by atoms with Gasteiger partial charge in [0.15, 0.2) is 0 Å². The summed E-state index contributed by atoms with van der Waals surface area (Å²) in [6.45, 7) is 3.18. The summed E-state index contributed by atoms with van der Waals surface area (Å²) in [7, 11) is 1.68. The number of hydrogen-bond acceptors (Lipinski definition) is 3. The summed E-state index contributed by atoms with van der Waals surface area (Å²) in [4.78, 5) is 12.8. The molecule has 1 heterocycles. The lowest BCUT2D eigenvalue weighted by Crippen LogP contribution is -2.31. The van der Waals surface area contributed by atoms with E-state index in [1.54, 1.807) is 31.4 Å². The second-order valence-corrected chi connectivity index (χ2v) is 6.64. The standard InChI is InChI=1S/C18H15ClF2N2O.C3H8O/c19-12-1-4-17(22)15(8-12)11-5-6-23(10-24)18(7-11)14-3-2-13(20)9-16(14)21;1-3-4-2/h1-4,7-10,18H,5-6,22H2;3H2,1-2H3. The number of anilines is 1. The molecule has 2 N–H and O–H groups in total. The molecule has 0 saturated heterocycles. The van der Waals surface area contributed by atoms with Gasteiger partial charge in [-0.1, -0.05) is 23.7 Å². The van der Waals surface area contributed by atoms with Crippen LogP contribution in [-0.4, -0.2) is 31.6 Å². The van der Waals surface area contributed by atoms with Gasteiger partial charge >= 0.3 is 0 Å². The van der Waals surface area contributed by atoms with Crippen molar-refractivity contribution in [3.8, 4) is 0 Å². The molecule has 1 unspecified atom stereocenters. The average Bonchev–Trinajstić information content (AvgIpc) is 2.69. The van der Waals surface area contributed by atoms with E-state index in [1.165, 1.54) is 17.0 Å². The normalized spacial score (nSPS) is 16.1. The molecule has 4 nitrogen and oxygen atoms in total. The zero-order chi connectivity index (χ0) is 20.7. The number of halogens is 3. The molecule has 1 atom stereocenters. The maximum absolute atomic E-state index is 14.2. The topological polar surface area (TPSA) is 55.6 Å². The van der Waals surface area contributed by atoms with Crippen LogP contribution in [0.5, 0.6) is 0 Å². The second-order valence-electron chi connectivity index (χ2n) is 6.20. The zero-order valence-corrected chi connectivity index (χ0v) is 16.5. The van der Waals surface area contributed by atoms with Crippen LogP contribution in [0.3, 0.4) is 0 Å². The molecule has 7 heteroatoms. The Kier molecular flexibility index (Phi) is 7.96. The minimum absolute atomic E-state index is 0.237. The van der Waals surface area contributed by atoms with Crippen molar-refractivity contribution in [2.24, 2.45) is 0 Å². The predicted octanol–water partition coefficient (Wildman–Crippen LogP) is 4.84. The molecule has 0 saturated carbocycles. The van der Waals surface area contributed by atoms with Gasteiger partial charge < -0.3 is 15.4 Å². The van der Waals surface area contributed by atoms with Gasteiger partial charge in [-0.3, -0.25) is 4.79 Å². The molecule has 0 spiro atoms. The lowest BCUT2D eigenvalue weighted by molar-refractivity contribution is -0.119. The maximum Gasteiger partial charge on any atom is 0.210 e. The molecule has 2 aromatic rings. The second kappa shape index (κ2) is 10.2. The number of methoxy groups -OCH3 is 1. The fraction of sp³-hybridized carbons (Fsp3) is 0.286. The lowest BCUT2D eigenvalue weighted by atomic mass is 9.91. The van der Waals surface area contributed by atoms with Gasteiger partial charge in [-0.25, -0.2) is 8.78 Å². The molecule has 0 fully saturated rings. The van der Waals surface area contributed by atoms with Crippen LogP contribution in [0.2, 0.25) is 5.02 Å². The Hall–Kier alpha value is -2.44. The smallest absolute Gasteiger partial charge is 0.210 e. The largest absolute Gasteiger partial charge is 0.398 e. The minimum Gasteiger partial charge on any atom is -0.398 e. The van der Waals surface area contributed by atoms with Crippen LogP contribution < -0.4 is 5.73 Å². The number of ether oxygens (including phenoxy) is 1. The van der Waals surface area contributed by atoms with Crippen LogP contribution in [0.4, 0.5) is 14.5 Å². The average molecular weight is 409 g/mol. The Bertz CT molecular complexity index is 856. The third kappa shape index (κ3) is 5.30. The first-order chi connectivity index (χ1) is 13.4. The number of hydrogen-bond donors (Lipinski definition) is 1. The molecular weight excluding hydrogens is 386 g/mol. The highest BCUT2D eigenvalue weighted by Crippen LogP contribution is 2.36. The van der Waals surface area contributed by atoms with E-state index in [1.807, 2.05) is 6.92 Å². The third-order valence-electron chi connectivity index (χ3n) is 4.42. The van der Waals surface area contributed by atoms with Gasteiger partial charge in [-0.2, -0.15) is 0 Å². The SMILES string of the molecule is CCOC.Nc1ccc(Cl)cc1C1=CC(c2ccc(F)cc2F)N(C=O)CC1. The lowest BCUT2D eigenvalue weighted by Gasteiger charge is -2.32. The van der Waals surface area contributed by atoms with Crippen molar-refractivity contribution in [1.82, 2.24) is 4.90 Å². The van der Waals surface area contributed by atoms with Gasteiger partial charge in [0.2, 0.25) is 6.41 Å². The summed E-state index contributed by atoms with van der Waals surface area (Å²) in [5.41, 5.74) is 8.45. The maximum atomic E-state index is 14.2. The molecule has 2 aromatic carbocycles. The highest BCUT2D eigenvalue weighted by Gasteiger charge is 2.26. The third-order valence-corrected chi connectivity index (χ3v) is 4.66. The van der Waals surface area contributed by atoms with Crippen LogP contribution in [0.15, 0.2) is 42.5 Å². The van der Waals surface area contributed by atoms with E-state index in [0.29, 0.717) is 30.1 Å². The quantitative estimate of drug-likeness (QED) is 0.581. The minimum atomic E-state index is -0.691. The van der Waals surface area contributed by atoms with Gasteiger partial charge in [0.05, 0.1) is 6.04 Å². The summed E-state index contributed by atoms with van der Waals surface area (Å²) < 4.78 is 31.9. The van der Waals surface area contributed by atoms with Gasteiger partial charge in [0, 0.05) is 48.2 Å². The molecule has 28 heavy (non-hydrogen) atoms. The Balaban J connectivity index is 0.000000640. The van der Waals surface area contributed by atoms with Gasteiger partial charge in [0.1, 0.15) is 11.6 Å². The molecular formula is C21H23ClF2N2O2. The van der Waals surface area contributed by atoms with E-state index in [2.05, 4.69) is 4.74 Å². The van der Waals surface area contributed by atoms with E-state index in [9.17, 15) is 13.6 Å². The van der Waals surface area contributed by atoms with E-state index in [-0.39, 0.29) is 5.56 Å². The molecule has 0 aromatic heterocycles. The Morgan fingerprint density at radius 1 is 1.29 bits per heavy atom. The van der Waals surface area contributed by atoms with Crippen LogP contribution >= 0.6 is 11.6 Å². The van der Waals surface area contributed by atoms with Crippen LogP contribution in [0.25, 0.3) is 5.57 Å². The van der Waals surface area contributed by atoms with E-state index in [4.69, 9.17) is 17.3 Å². The van der Waals surface area contributed by atoms with E-state index >= 15 is 0 Å². The van der Waals surface area contributed by atoms with Crippen LogP contribution in [0.1, 0.15) is 30.5 Å².